The Morgan fingerprint density at radius 1 is 1.43 bits per heavy atom. The van der Waals surface area contributed by atoms with Crippen molar-refractivity contribution < 1.29 is 17.8 Å². The Morgan fingerprint density at radius 3 is 2.43 bits per heavy atom. The van der Waals surface area contributed by atoms with E-state index in [0.29, 0.717) is 0 Å². The Hall–Kier alpha value is -1.40. The van der Waals surface area contributed by atoms with Gasteiger partial charge >= 0.3 is 0 Å². The van der Waals surface area contributed by atoms with Crippen molar-refractivity contribution in [3.8, 4) is 0 Å². The molecule has 76 valence electrons. The highest BCUT2D eigenvalue weighted by Crippen LogP contribution is 2.18. The molecule has 0 unspecified atom stereocenters. The first-order valence-corrected chi connectivity index (χ1v) is 5.14. The normalized spacial score (nSPS) is 11.3. The number of anilines is 1. The molecule has 0 spiro atoms. The van der Waals surface area contributed by atoms with Crippen LogP contribution in [0.4, 0.5) is 5.69 Å². The molecular formula is C8H9NO4S. The zero-order valence-corrected chi connectivity index (χ0v) is 8.21. The predicted molar refractivity (Wildman–Crippen MR) is 50.7 cm³/mol. The summed E-state index contributed by atoms with van der Waals surface area (Å²) in [4.78, 5) is 10.6. The molecule has 1 rings (SSSR count). The Balaban J connectivity index is 3.53. The molecule has 0 saturated heterocycles. The highest BCUT2D eigenvalue weighted by atomic mass is 32.2. The van der Waals surface area contributed by atoms with Crippen molar-refractivity contribution in [3.05, 3.63) is 23.8 Å². The summed E-state index contributed by atoms with van der Waals surface area (Å²) in [5.74, 6) is -0.468. The number of Topliss-reactive ketones (excluding diaryl/α,β-unsaturated/α-hetero) is 1. The third-order valence-electron chi connectivity index (χ3n) is 1.66. The largest absolute Gasteiger partial charge is 0.399 e. The molecule has 0 aliphatic rings. The van der Waals surface area contributed by atoms with E-state index in [1.807, 2.05) is 0 Å². The molecule has 0 fully saturated rings. The monoisotopic (exact) mass is 215 g/mol. The van der Waals surface area contributed by atoms with Gasteiger partial charge in [0.25, 0.3) is 10.1 Å². The Morgan fingerprint density at radius 2 is 2.00 bits per heavy atom. The maximum atomic E-state index is 11.0. The van der Waals surface area contributed by atoms with E-state index in [1.165, 1.54) is 19.1 Å². The lowest BCUT2D eigenvalue weighted by molar-refractivity contribution is 0.101. The summed E-state index contributed by atoms with van der Waals surface area (Å²) in [5.41, 5.74) is 5.54. The number of ketones is 1. The molecule has 0 heterocycles. The van der Waals surface area contributed by atoms with E-state index in [4.69, 9.17) is 10.3 Å². The third-order valence-corrected chi connectivity index (χ3v) is 2.57. The van der Waals surface area contributed by atoms with E-state index >= 15 is 0 Å². The quantitative estimate of drug-likeness (QED) is 0.430. The molecule has 0 atom stereocenters. The summed E-state index contributed by atoms with van der Waals surface area (Å²) in [7, 11) is -4.37. The SMILES string of the molecule is CC(=O)c1cc(N)ccc1S(=O)(=O)O. The smallest absolute Gasteiger partial charge is 0.295 e. The molecule has 0 aliphatic heterocycles. The molecule has 1 aromatic carbocycles. The van der Waals surface area contributed by atoms with Crippen molar-refractivity contribution in [2.24, 2.45) is 0 Å². The van der Waals surface area contributed by atoms with Crippen LogP contribution < -0.4 is 5.73 Å². The van der Waals surface area contributed by atoms with E-state index in [9.17, 15) is 13.2 Å². The van der Waals surface area contributed by atoms with Gasteiger partial charge < -0.3 is 5.73 Å². The second kappa shape index (κ2) is 3.39. The first-order valence-electron chi connectivity index (χ1n) is 3.70. The minimum atomic E-state index is -4.37. The topological polar surface area (TPSA) is 97.5 Å². The number of nitrogens with two attached hydrogens (primary N) is 1. The predicted octanol–water partition coefficient (Wildman–Crippen LogP) is 0.718. The van der Waals surface area contributed by atoms with E-state index in [-0.39, 0.29) is 11.3 Å². The fourth-order valence-corrected chi connectivity index (χ4v) is 1.77. The maximum Gasteiger partial charge on any atom is 0.295 e. The second-order valence-corrected chi connectivity index (χ2v) is 4.18. The van der Waals surface area contributed by atoms with Crippen molar-refractivity contribution in [2.45, 2.75) is 11.8 Å². The number of nitrogen functional groups attached to an aromatic ring is 1. The molecule has 0 bridgehead atoms. The summed E-state index contributed by atoms with van der Waals surface area (Å²) in [5, 5.41) is 0. The second-order valence-electron chi connectivity index (χ2n) is 2.79. The number of carbonyl (C=O) groups is 1. The minimum Gasteiger partial charge on any atom is -0.399 e. The van der Waals surface area contributed by atoms with Gasteiger partial charge in [-0.2, -0.15) is 8.42 Å². The van der Waals surface area contributed by atoms with Gasteiger partial charge in [-0.3, -0.25) is 9.35 Å². The van der Waals surface area contributed by atoms with Crippen molar-refractivity contribution in [1.29, 1.82) is 0 Å². The number of benzene rings is 1. The van der Waals surface area contributed by atoms with Gasteiger partial charge in [0.1, 0.15) is 4.90 Å². The molecule has 0 aliphatic carbocycles. The lowest BCUT2D eigenvalue weighted by Gasteiger charge is -2.04. The van der Waals surface area contributed by atoms with Gasteiger partial charge in [0.05, 0.1) is 0 Å². The summed E-state index contributed by atoms with van der Waals surface area (Å²) >= 11 is 0. The standard InChI is InChI=1S/C8H9NO4S/c1-5(10)7-4-6(9)2-3-8(7)14(11,12)13/h2-4H,9H2,1H3,(H,11,12,13). The van der Waals surface area contributed by atoms with Crippen LogP contribution in [0.1, 0.15) is 17.3 Å². The number of carbonyl (C=O) groups excluding carboxylic acids is 1. The van der Waals surface area contributed by atoms with Crippen LogP contribution in [0, 0.1) is 0 Å². The van der Waals surface area contributed by atoms with Crippen molar-refractivity contribution >= 4 is 21.6 Å². The molecule has 1 aromatic rings. The Kier molecular flexibility index (Phi) is 2.59. The highest BCUT2D eigenvalue weighted by Gasteiger charge is 2.17. The van der Waals surface area contributed by atoms with Crippen LogP contribution >= 0.6 is 0 Å². The lowest BCUT2D eigenvalue weighted by atomic mass is 10.1. The average Bonchev–Trinajstić information content (AvgIpc) is 2.01. The van der Waals surface area contributed by atoms with Gasteiger partial charge in [0.2, 0.25) is 0 Å². The van der Waals surface area contributed by atoms with E-state index in [2.05, 4.69) is 0 Å². The molecule has 3 N–H and O–H groups in total. The van der Waals surface area contributed by atoms with Crippen LogP contribution in [0.3, 0.4) is 0 Å². The van der Waals surface area contributed by atoms with Crippen molar-refractivity contribution in [1.82, 2.24) is 0 Å². The molecule has 0 amide bonds. The minimum absolute atomic E-state index is 0.104. The lowest BCUT2D eigenvalue weighted by Crippen LogP contribution is -2.07. The summed E-state index contributed by atoms with van der Waals surface area (Å²) in [6, 6.07) is 3.61. The molecule has 0 aromatic heterocycles. The van der Waals surface area contributed by atoms with Crippen molar-refractivity contribution in [3.63, 3.8) is 0 Å². The van der Waals surface area contributed by atoms with Crippen LogP contribution in [0.5, 0.6) is 0 Å². The molecule has 0 radical (unpaired) electrons. The fraction of sp³-hybridized carbons (Fsp3) is 0.125. The first kappa shape index (κ1) is 10.7. The molecule has 0 saturated carbocycles. The van der Waals surface area contributed by atoms with E-state index < -0.39 is 20.8 Å². The summed E-state index contributed by atoms with van der Waals surface area (Å²) in [6.07, 6.45) is 0. The average molecular weight is 215 g/mol. The van der Waals surface area contributed by atoms with Gasteiger partial charge in [-0.1, -0.05) is 0 Å². The van der Waals surface area contributed by atoms with Crippen LogP contribution in [-0.4, -0.2) is 18.8 Å². The first-order chi connectivity index (χ1) is 6.32. The maximum absolute atomic E-state index is 11.0. The van der Waals surface area contributed by atoms with E-state index in [1.54, 1.807) is 0 Å². The number of hydrogen-bond acceptors (Lipinski definition) is 4. The van der Waals surface area contributed by atoms with E-state index in [0.717, 1.165) is 6.07 Å². The van der Waals surface area contributed by atoms with Gasteiger partial charge in [-0.25, -0.2) is 0 Å². The molecular weight excluding hydrogens is 206 g/mol. The van der Waals surface area contributed by atoms with Gasteiger partial charge in [-0.05, 0) is 25.1 Å². The van der Waals surface area contributed by atoms with Crippen molar-refractivity contribution in [2.75, 3.05) is 5.73 Å². The summed E-state index contributed by atoms with van der Waals surface area (Å²) in [6.45, 7) is 1.20. The summed E-state index contributed by atoms with van der Waals surface area (Å²) < 4.78 is 30.5. The fourth-order valence-electron chi connectivity index (χ4n) is 1.05. The van der Waals surface area contributed by atoms with Crippen LogP contribution in [-0.2, 0) is 10.1 Å². The molecule has 6 heteroatoms. The van der Waals surface area contributed by atoms with Crippen LogP contribution in [0.15, 0.2) is 23.1 Å². The van der Waals surface area contributed by atoms with Crippen LogP contribution in [0.2, 0.25) is 0 Å². The van der Waals surface area contributed by atoms with Gasteiger partial charge in [0.15, 0.2) is 5.78 Å². The molecule has 14 heavy (non-hydrogen) atoms. The van der Waals surface area contributed by atoms with Gasteiger partial charge in [-0.15, -0.1) is 0 Å². The zero-order valence-electron chi connectivity index (χ0n) is 7.39. The highest BCUT2D eigenvalue weighted by molar-refractivity contribution is 7.86. The Bertz CT molecular complexity index is 478. The Labute approximate surface area is 81.3 Å². The van der Waals surface area contributed by atoms with Gasteiger partial charge in [0, 0.05) is 11.3 Å². The number of rotatable bonds is 2. The van der Waals surface area contributed by atoms with Crippen LogP contribution in [0.25, 0.3) is 0 Å². The third kappa shape index (κ3) is 2.09. The number of hydrogen-bond donors (Lipinski definition) is 2. The molecule has 5 nitrogen and oxygen atoms in total. The zero-order chi connectivity index (χ0) is 10.9.